The van der Waals surface area contributed by atoms with E-state index >= 15 is 0 Å². The average Bonchev–Trinajstić information content (AvgIpc) is 2.80. The first kappa shape index (κ1) is 27.9. The Labute approximate surface area is 206 Å². The second kappa shape index (κ2) is 11.8. The molecule has 36 heavy (non-hydrogen) atoms. The molecule has 0 aliphatic carbocycles. The Balaban J connectivity index is 0.000000572. The van der Waals surface area contributed by atoms with Gasteiger partial charge in [0.05, 0.1) is 5.02 Å². The van der Waals surface area contributed by atoms with Crippen LogP contribution in [0.15, 0.2) is 59.7 Å². The minimum absolute atomic E-state index is 0.155. The summed E-state index contributed by atoms with van der Waals surface area (Å²) in [7, 11) is 0. The molecule has 0 fully saturated rings. The number of carboxylic acids is 2. The molecule has 10 nitrogen and oxygen atoms in total. The van der Waals surface area contributed by atoms with Crippen molar-refractivity contribution in [1.29, 1.82) is 0 Å². The van der Waals surface area contributed by atoms with Crippen molar-refractivity contribution in [3.05, 3.63) is 70.9 Å². The smallest absolute Gasteiger partial charge is 0.480 e. The molecule has 0 saturated heterocycles. The molecule has 0 unspecified atom stereocenters. The van der Waals surface area contributed by atoms with Crippen LogP contribution in [0.25, 0.3) is 10.8 Å². The van der Waals surface area contributed by atoms with Gasteiger partial charge in [-0.25, -0.2) is 14.6 Å². The van der Waals surface area contributed by atoms with Crippen molar-refractivity contribution in [3.8, 4) is 0 Å². The summed E-state index contributed by atoms with van der Waals surface area (Å²) in [5.41, 5.74) is 11.9. The van der Waals surface area contributed by atoms with E-state index in [0.29, 0.717) is 15.8 Å². The van der Waals surface area contributed by atoms with Gasteiger partial charge in [0, 0.05) is 29.0 Å². The van der Waals surface area contributed by atoms with Crippen LogP contribution in [0.5, 0.6) is 0 Å². The largest absolute Gasteiger partial charge is 0.490 e. The molecule has 0 radical (unpaired) electrons. The van der Waals surface area contributed by atoms with Crippen LogP contribution in [0.4, 0.5) is 19.0 Å². The van der Waals surface area contributed by atoms with Crippen LogP contribution >= 0.6 is 11.6 Å². The van der Waals surface area contributed by atoms with Gasteiger partial charge in [-0.15, -0.1) is 0 Å². The quantitative estimate of drug-likeness (QED) is 0.240. The number of aromatic nitrogens is 1. The fourth-order valence-corrected chi connectivity index (χ4v) is 3.05. The second-order valence-electron chi connectivity index (χ2n) is 7.08. The topological polar surface area (TPSA) is 181 Å². The zero-order valence-corrected chi connectivity index (χ0v) is 18.9. The van der Waals surface area contributed by atoms with E-state index in [1.54, 1.807) is 36.4 Å². The van der Waals surface area contributed by atoms with Gasteiger partial charge in [-0.05, 0) is 17.7 Å². The molecular weight excluding hydrogens is 507 g/mol. The lowest BCUT2D eigenvalue weighted by Gasteiger charge is -2.15. The number of nitrogens with two attached hydrogens (primary N) is 2. The summed E-state index contributed by atoms with van der Waals surface area (Å²) in [6, 6.07) is 12.7. The van der Waals surface area contributed by atoms with Gasteiger partial charge in [0.1, 0.15) is 6.04 Å². The number of aliphatic imine (C=N–C) groups is 1. The number of benzene rings is 2. The Bertz CT molecular complexity index is 1300. The number of halogens is 4. The molecule has 0 aliphatic rings. The van der Waals surface area contributed by atoms with E-state index in [-0.39, 0.29) is 23.8 Å². The summed E-state index contributed by atoms with van der Waals surface area (Å²) in [4.78, 5) is 41.2. The second-order valence-corrected chi connectivity index (χ2v) is 7.49. The van der Waals surface area contributed by atoms with E-state index in [1.165, 1.54) is 12.3 Å². The third-order valence-electron chi connectivity index (χ3n) is 4.44. The molecule has 3 aromatic rings. The summed E-state index contributed by atoms with van der Waals surface area (Å²) in [5, 5.41) is 20.6. The highest BCUT2D eigenvalue weighted by Crippen LogP contribution is 2.30. The number of amides is 1. The molecule has 2 aromatic carbocycles. The Morgan fingerprint density at radius 1 is 1.06 bits per heavy atom. The van der Waals surface area contributed by atoms with Gasteiger partial charge in [-0.2, -0.15) is 18.2 Å². The molecule has 0 aliphatic heterocycles. The third-order valence-corrected chi connectivity index (χ3v) is 4.74. The fraction of sp³-hybridized carbons (Fsp3) is 0.136. The molecule has 1 heterocycles. The molecule has 190 valence electrons. The van der Waals surface area contributed by atoms with E-state index < -0.39 is 30.1 Å². The number of carboxylic acid groups (broad SMARTS) is 2. The summed E-state index contributed by atoms with van der Waals surface area (Å²) in [6.45, 7) is 0. The van der Waals surface area contributed by atoms with Gasteiger partial charge in [-0.1, -0.05) is 48.0 Å². The summed E-state index contributed by atoms with van der Waals surface area (Å²) < 4.78 is 31.7. The normalized spacial score (nSPS) is 11.6. The molecular formula is C22H19ClF3N5O5. The first-order chi connectivity index (χ1) is 16.8. The number of hydrogen-bond donors (Lipinski definition) is 5. The number of alkyl halides is 3. The van der Waals surface area contributed by atoms with Gasteiger partial charge in [0.2, 0.25) is 0 Å². The van der Waals surface area contributed by atoms with Gasteiger partial charge < -0.3 is 27.0 Å². The number of rotatable bonds is 6. The number of nitrogens with one attached hydrogen (secondary N) is 1. The first-order valence-corrected chi connectivity index (χ1v) is 10.2. The Morgan fingerprint density at radius 3 is 2.19 bits per heavy atom. The Kier molecular flexibility index (Phi) is 9.16. The van der Waals surface area contributed by atoms with Crippen LogP contribution in [0.1, 0.15) is 15.9 Å². The van der Waals surface area contributed by atoms with Crippen molar-refractivity contribution < 1.29 is 37.8 Å². The van der Waals surface area contributed by atoms with Crippen molar-refractivity contribution in [3.63, 3.8) is 0 Å². The van der Waals surface area contributed by atoms with Crippen LogP contribution in [0.3, 0.4) is 0 Å². The number of fused-ring (bicyclic) bond motifs is 1. The number of carbonyl (C=O) groups excluding carboxylic acids is 1. The van der Waals surface area contributed by atoms with Crippen LogP contribution in [-0.2, 0) is 16.0 Å². The molecule has 0 spiro atoms. The van der Waals surface area contributed by atoms with Gasteiger partial charge in [0.15, 0.2) is 11.8 Å². The molecule has 1 aromatic heterocycles. The number of hydrogen-bond acceptors (Lipinski definition) is 5. The summed E-state index contributed by atoms with van der Waals surface area (Å²) in [5.74, 6) is -4.42. The maximum absolute atomic E-state index is 12.7. The summed E-state index contributed by atoms with van der Waals surface area (Å²) in [6.07, 6.45) is -3.52. The minimum atomic E-state index is -5.08. The van der Waals surface area contributed by atoms with Crippen molar-refractivity contribution in [2.45, 2.75) is 18.6 Å². The van der Waals surface area contributed by atoms with Crippen LogP contribution < -0.4 is 16.8 Å². The highest BCUT2D eigenvalue weighted by atomic mass is 35.5. The number of aliphatic carboxylic acids is 2. The standard InChI is InChI=1S/C20H18ClN5O3.C2HF3O2/c21-15-10-24-17(26-20(22)23)14-9-12(6-7-13(14)15)18(27)25-16(19(28)29)8-11-4-2-1-3-5-11;3-2(4,5)1(6)7/h1-7,9-10,16H,8H2,(H,25,27)(H,28,29)(H4,22,23,24,26);(H,6,7)/t16-;/m0./s1. The maximum atomic E-state index is 12.7. The number of pyridine rings is 1. The van der Waals surface area contributed by atoms with Crippen LogP contribution in [-0.4, -0.2) is 51.2 Å². The monoisotopic (exact) mass is 525 g/mol. The van der Waals surface area contributed by atoms with E-state index in [2.05, 4.69) is 15.3 Å². The lowest BCUT2D eigenvalue weighted by Crippen LogP contribution is -2.42. The van der Waals surface area contributed by atoms with Gasteiger partial charge in [0.25, 0.3) is 5.91 Å². The third kappa shape index (κ3) is 7.84. The zero-order valence-electron chi connectivity index (χ0n) is 18.2. The SMILES string of the molecule is NC(N)=Nc1ncc(Cl)c2ccc(C(=O)N[C@@H](Cc3ccccc3)C(=O)O)cc12.O=C(O)C(F)(F)F. The van der Waals surface area contributed by atoms with Crippen LogP contribution in [0, 0.1) is 0 Å². The van der Waals surface area contributed by atoms with Crippen molar-refractivity contribution >= 4 is 52.0 Å². The Morgan fingerprint density at radius 2 is 1.67 bits per heavy atom. The zero-order chi connectivity index (χ0) is 27.0. The maximum Gasteiger partial charge on any atom is 0.490 e. The average molecular weight is 526 g/mol. The van der Waals surface area contributed by atoms with E-state index in [4.69, 9.17) is 33.0 Å². The highest BCUT2D eigenvalue weighted by molar-refractivity contribution is 6.35. The highest BCUT2D eigenvalue weighted by Gasteiger charge is 2.38. The summed E-state index contributed by atoms with van der Waals surface area (Å²) >= 11 is 6.16. The predicted molar refractivity (Wildman–Crippen MR) is 125 cm³/mol. The molecule has 14 heteroatoms. The minimum Gasteiger partial charge on any atom is -0.480 e. The Hall–Kier alpha value is -4.39. The molecule has 0 bridgehead atoms. The number of guanidine groups is 1. The molecule has 0 saturated carbocycles. The van der Waals surface area contributed by atoms with Crippen molar-refractivity contribution in [2.75, 3.05) is 0 Å². The van der Waals surface area contributed by atoms with E-state index in [0.717, 1.165) is 5.56 Å². The molecule has 1 atom stereocenters. The molecule has 1 amide bonds. The van der Waals surface area contributed by atoms with Crippen molar-refractivity contribution in [2.24, 2.45) is 16.5 Å². The molecule has 7 N–H and O–H groups in total. The lowest BCUT2D eigenvalue weighted by atomic mass is 10.0. The van der Waals surface area contributed by atoms with Gasteiger partial charge in [-0.3, -0.25) is 4.79 Å². The first-order valence-electron chi connectivity index (χ1n) is 9.85. The predicted octanol–water partition coefficient (Wildman–Crippen LogP) is 2.85. The molecule has 3 rings (SSSR count). The van der Waals surface area contributed by atoms with Crippen molar-refractivity contribution in [1.82, 2.24) is 10.3 Å². The lowest BCUT2D eigenvalue weighted by molar-refractivity contribution is -0.192. The van der Waals surface area contributed by atoms with E-state index in [9.17, 15) is 27.9 Å². The van der Waals surface area contributed by atoms with E-state index in [1.807, 2.05) is 6.07 Å². The fourth-order valence-electron chi connectivity index (χ4n) is 2.84. The number of carbonyl (C=O) groups is 3. The van der Waals surface area contributed by atoms with Gasteiger partial charge >= 0.3 is 18.1 Å². The van der Waals surface area contributed by atoms with Crippen LogP contribution in [0.2, 0.25) is 5.02 Å². The number of nitrogens with zero attached hydrogens (tertiary/aromatic N) is 2.